The van der Waals surface area contributed by atoms with Crippen molar-refractivity contribution in [3.05, 3.63) is 16.8 Å². The standard InChI is InChI=1S/C21H30BClN2O2/c1-18(2,3)17-21(10-8-9-11-21)14-15(23)13(12-24-16(14)25-17)22-26-19(4,5)20(6,7)27-22/h12H,8-11H2,1-7H3. The van der Waals surface area contributed by atoms with E-state index in [0.717, 1.165) is 34.7 Å². The van der Waals surface area contributed by atoms with Crippen molar-refractivity contribution < 1.29 is 9.31 Å². The maximum Gasteiger partial charge on any atom is 0.497 e. The van der Waals surface area contributed by atoms with Gasteiger partial charge in [0.15, 0.2) is 5.82 Å². The zero-order valence-electron chi connectivity index (χ0n) is 17.6. The predicted octanol–water partition coefficient (Wildman–Crippen LogP) is 4.98. The number of halogens is 1. The summed E-state index contributed by atoms with van der Waals surface area (Å²) in [5.41, 5.74) is 2.24. The minimum absolute atomic E-state index is 0.0150. The lowest BCUT2D eigenvalue weighted by Crippen LogP contribution is -2.41. The molecule has 0 bridgehead atoms. The van der Waals surface area contributed by atoms with E-state index in [0.29, 0.717) is 0 Å². The second-order valence-corrected chi connectivity index (χ2v) is 10.7. The van der Waals surface area contributed by atoms with Crippen LogP contribution in [0.5, 0.6) is 0 Å². The minimum atomic E-state index is -0.502. The molecule has 0 unspecified atom stereocenters. The number of aliphatic imine (C=N–C) groups is 1. The molecule has 3 aliphatic rings. The largest absolute Gasteiger partial charge is 0.497 e. The molecule has 4 rings (SSSR count). The summed E-state index contributed by atoms with van der Waals surface area (Å²) in [6, 6.07) is 0. The van der Waals surface area contributed by atoms with Gasteiger partial charge in [0.05, 0.1) is 11.2 Å². The Balaban J connectivity index is 1.82. The monoisotopic (exact) mass is 388 g/mol. The van der Waals surface area contributed by atoms with Crippen LogP contribution in [-0.2, 0) is 14.7 Å². The first-order valence-electron chi connectivity index (χ1n) is 10.0. The van der Waals surface area contributed by atoms with Gasteiger partial charge in [0.2, 0.25) is 0 Å². The summed E-state index contributed by atoms with van der Waals surface area (Å²) in [7, 11) is -0.502. The fraction of sp³-hybridized carbons (Fsp3) is 0.714. The molecule has 1 saturated carbocycles. The number of hydrogen-bond acceptors (Lipinski definition) is 4. The molecule has 0 aromatic carbocycles. The molecular formula is C21H30BClN2O2. The molecule has 1 aliphatic carbocycles. The molecule has 0 radical (unpaired) electrons. The van der Waals surface area contributed by atoms with Crippen molar-refractivity contribution in [3.63, 3.8) is 0 Å². The Hall–Kier alpha value is -0.905. The molecule has 4 nitrogen and oxygen atoms in total. The summed E-state index contributed by atoms with van der Waals surface area (Å²) in [5.74, 6) is 0.784. The molecule has 2 fully saturated rings. The van der Waals surface area contributed by atoms with E-state index in [2.05, 4.69) is 48.5 Å². The van der Waals surface area contributed by atoms with Crippen molar-refractivity contribution in [1.29, 1.82) is 0 Å². The third-order valence-corrected chi connectivity index (χ3v) is 7.25. The number of fused-ring (bicyclic) bond motifs is 2. The zero-order chi connectivity index (χ0) is 19.8. The maximum atomic E-state index is 7.03. The molecule has 6 heteroatoms. The molecular weight excluding hydrogens is 359 g/mol. The van der Waals surface area contributed by atoms with Gasteiger partial charge in [-0.05, 0) is 40.5 Å². The average Bonchev–Trinajstić information content (AvgIpc) is 3.17. The number of hydrogen-bond donors (Lipinski definition) is 0. The highest BCUT2D eigenvalue weighted by Gasteiger charge is 2.55. The van der Waals surface area contributed by atoms with Gasteiger partial charge < -0.3 is 9.31 Å². The Morgan fingerprint density at radius 2 is 1.59 bits per heavy atom. The van der Waals surface area contributed by atoms with Gasteiger partial charge in [-0.2, -0.15) is 0 Å². The normalized spacial score (nSPS) is 25.2. The Bertz CT molecular complexity index is 804. The third-order valence-electron chi connectivity index (χ3n) is 6.85. The lowest BCUT2D eigenvalue weighted by molar-refractivity contribution is 0.00578. The van der Waals surface area contributed by atoms with Crippen LogP contribution in [0.1, 0.15) is 79.7 Å². The third kappa shape index (κ3) is 2.72. The molecule has 2 aliphatic heterocycles. The average molecular weight is 389 g/mol. The highest BCUT2D eigenvalue weighted by molar-refractivity contribution is 6.65. The van der Waals surface area contributed by atoms with Crippen LogP contribution >= 0.6 is 11.6 Å². The molecule has 0 atom stereocenters. The van der Waals surface area contributed by atoms with E-state index < -0.39 is 18.3 Å². The summed E-state index contributed by atoms with van der Waals surface area (Å²) in [4.78, 5) is 9.69. The smallest absolute Gasteiger partial charge is 0.399 e. The Kier molecular flexibility index (Phi) is 4.17. The first-order chi connectivity index (χ1) is 12.4. The van der Waals surface area contributed by atoms with Crippen LogP contribution in [0.3, 0.4) is 0 Å². The van der Waals surface area contributed by atoms with E-state index in [9.17, 15) is 0 Å². The highest BCUT2D eigenvalue weighted by atomic mass is 35.5. The first-order valence-corrected chi connectivity index (χ1v) is 10.4. The first kappa shape index (κ1) is 19.4. The lowest BCUT2D eigenvalue weighted by atomic mass is 9.67. The van der Waals surface area contributed by atoms with Crippen LogP contribution in [0, 0.1) is 5.41 Å². The van der Waals surface area contributed by atoms with Crippen LogP contribution in [0.2, 0.25) is 5.02 Å². The van der Waals surface area contributed by atoms with E-state index in [4.69, 9.17) is 30.9 Å². The molecule has 0 N–H and O–H groups in total. The fourth-order valence-corrected chi connectivity index (χ4v) is 5.22. The van der Waals surface area contributed by atoms with Gasteiger partial charge >= 0.3 is 7.12 Å². The van der Waals surface area contributed by atoms with Gasteiger partial charge in [-0.1, -0.05) is 45.2 Å². The molecule has 1 aromatic rings. The second kappa shape index (κ2) is 5.81. The topological polar surface area (TPSA) is 43.7 Å². The van der Waals surface area contributed by atoms with Crippen LogP contribution in [-0.4, -0.2) is 29.0 Å². The van der Waals surface area contributed by atoms with E-state index in [1.807, 2.05) is 0 Å². The van der Waals surface area contributed by atoms with Gasteiger partial charge in [0.25, 0.3) is 0 Å². The summed E-state index contributed by atoms with van der Waals surface area (Å²) in [6.45, 7) is 14.9. The van der Waals surface area contributed by atoms with Crippen LogP contribution in [0.15, 0.2) is 11.2 Å². The number of aromatic nitrogens is 1. The molecule has 27 heavy (non-hydrogen) atoms. The van der Waals surface area contributed by atoms with Gasteiger partial charge in [-0.25, -0.2) is 9.98 Å². The lowest BCUT2D eigenvalue weighted by Gasteiger charge is -2.34. The highest BCUT2D eigenvalue weighted by Crippen LogP contribution is 2.55. The molecule has 1 aromatic heterocycles. The summed E-state index contributed by atoms with van der Waals surface area (Å²) < 4.78 is 12.5. The van der Waals surface area contributed by atoms with Crippen LogP contribution in [0.4, 0.5) is 5.82 Å². The van der Waals surface area contributed by atoms with Crippen molar-refractivity contribution >= 4 is 35.7 Å². The van der Waals surface area contributed by atoms with Crippen LogP contribution in [0.25, 0.3) is 0 Å². The van der Waals surface area contributed by atoms with E-state index in [-0.39, 0.29) is 10.8 Å². The summed E-state index contributed by atoms with van der Waals surface area (Å²) >= 11 is 7.03. The van der Waals surface area contributed by atoms with Gasteiger partial charge in [0.1, 0.15) is 0 Å². The van der Waals surface area contributed by atoms with Crippen molar-refractivity contribution in [2.45, 2.75) is 90.8 Å². The number of nitrogens with zero attached hydrogens (tertiary/aromatic N) is 2. The van der Waals surface area contributed by atoms with Crippen molar-refractivity contribution in [3.8, 4) is 0 Å². The summed E-state index contributed by atoms with van der Waals surface area (Å²) in [5, 5.41) is 0.725. The van der Waals surface area contributed by atoms with Crippen molar-refractivity contribution in [1.82, 2.24) is 4.98 Å². The van der Waals surface area contributed by atoms with Crippen molar-refractivity contribution in [2.24, 2.45) is 10.4 Å². The SMILES string of the molecule is CC(C)(C)C1=Nc2ncc(B3OC(C)(C)C(C)(C)O3)c(Cl)c2C12CCCC2. The minimum Gasteiger partial charge on any atom is -0.399 e. The Labute approximate surface area is 168 Å². The Morgan fingerprint density at radius 1 is 1.04 bits per heavy atom. The van der Waals surface area contributed by atoms with Crippen LogP contribution < -0.4 is 5.46 Å². The summed E-state index contributed by atoms with van der Waals surface area (Å²) in [6.07, 6.45) is 6.37. The van der Waals surface area contributed by atoms with Gasteiger partial charge in [-0.15, -0.1) is 0 Å². The number of rotatable bonds is 1. The van der Waals surface area contributed by atoms with E-state index in [1.165, 1.54) is 18.6 Å². The quantitative estimate of drug-likeness (QED) is 0.637. The molecule has 3 heterocycles. The number of pyridine rings is 1. The maximum absolute atomic E-state index is 7.03. The molecule has 1 spiro atoms. The molecule has 0 amide bonds. The fourth-order valence-electron chi connectivity index (χ4n) is 4.82. The molecule has 146 valence electrons. The second-order valence-electron chi connectivity index (χ2n) is 10.3. The van der Waals surface area contributed by atoms with Crippen molar-refractivity contribution in [2.75, 3.05) is 0 Å². The van der Waals surface area contributed by atoms with Gasteiger partial charge in [-0.3, -0.25) is 0 Å². The molecule has 1 saturated heterocycles. The Morgan fingerprint density at radius 3 is 2.11 bits per heavy atom. The van der Waals surface area contributed by atoms with E-state index >= 15 is 0 Å². The zero-order valence-corrected chi connectivity index (χ0v) is 18.3. The predicted molar refractivity (Wildman–Crippen MR) is 112 cm³/mol. The van der Waals surface area contributed by atoms with E-state index in [1.54, 1.807) is 6.20 Å². The van der Waals surface area contributed by atoms with Gasteiger partial charge in [0, 0.05) is 38.8 Å².